The van der Waals surface area contributed by atoms with Gasteiger partial charge in [-0.15, -0.1) is 0 Å². The van der Waals surface area contributed by atoms with Crippen molar-refractivity contribution in [3.05, 3.63) is 35.6 Å². The summed E-state index contributed by atoms with van der Waals surface area (Å²) in [6, 6.07) is 6.99. The molecule has 1 aromatic rings. The predicted octanol–water partition coefficient (Wildman–Crippen LogP) is 5.58. The van der Waals surface area contributed by atoms with E-state index in [1.54, 1.807) is 6.07 Å². The van der Waals surface area contributed by atoms with Crippen LogP contribution >= 0.6 is 0 Å². The van der Waals surface area contributed by atoms with Gasteiger partial charge < -0.3 is 4.43 Å². The molecule has 1 heterocycles. The van der Waals surface area contributed by atoms with E-state index in [9.17, 15) is 4.39 Å². The van der Waals surface area contributed by atoms with Gasteiger partial charge in [-0.3, -0.25) is 4.99 Å². The van der Waals surface area contributed by atoms with Gasteiger partial charge in [0.2, 0.25) is 0 Å². The fourth-order valence-electron chi connectivity index (χ4n) is 2.87. The van der Waals surface area contributed by atoms with Crippen LogP contribution in [-0.2, 0) is 4.43 Å². The van der Waals surface area contributed by atoms with E-state index in [4.69, 9.17) is 9.42 Å². The summed E-state index contributed by atoms with van der Waals surface area (Å²) >= 11 is 0. The summed E-state index contributed by atoms with van der Waals surface area (Å²) in [5.74, 6) is -0.185. The zero-order valence-corrected chi connectivity index (χ0v) is 16.5. The molecule has 0 unspecified atom stereocenters. The van der Waals surface area contributed by atoms with Crippen LogP contribution in [0.4, 0.5) is 4.39 Å². The first-order valence-corrected chi connectivity index (χ1v) is 11.4. The van der Waals surface area contributed by atoms with Gasteiger partial charge in [0.1, 0.15) is 5.82 Å². The molecular weight excluding hydrogens is 305 g/mol. The Hall–Kier alpha value is -1.00. The highest BCUT2D eigenvalue weighted by Gasteiger charge is 2.45. The van der Waals surface area contributed by atoms with Crippen molar-refractivity contribution in [1.82, 2.24) is 0 Å². The third-order valence-electron chi connectivity index (χ3n) is 5.28. The molecule has 1 atom stereocenters. The Morgan fingerprint density at radius 3 is 2.30 bits per heavy atom. The maximum absolute atomic E-state index is 14.0. The standard InChI is InChI=1S/C19H30FNOSi/c1-18(2,3)23(6,7)22-19(4,5)17-13-12-16(21-17)14-10-8-9-11-15(14)20/h8-11,17H,12-13H2,1-7H3/t17-/m1/s1. The highest BCUT2D eigenvalue weighted by Crippen LogP contribution is 2.41. The highest BCUT2D eigenvalue weighted by molar-refractivity contribution is 6.74. The first-order valence-electron chi connectivity index (χ1n) is 8.46. The molecule has 0 radical (unpaired) electrons. The Labute approximate surface area is 141 Å². The predicted molar refractivity (Wildman–Crippen MR) is 98.3 cm³/mol. The second-order valence-electron chi connectivity index (χ2n) is 8.58. The molecule has 2 rings (SSSR count). The van der Waals surface area contributed by atoms with Gasteiger partial charge in [0.05, 0.1) is 11.6 Å². The summed E-state index contributed by atoms with van der Waals surface area (Å²) in [5, 5.41) is 0.168. The van der Waals surface area contributed by atoms with E-state index < -0.39 is 8.32 Å². The van der Waals surface area contributed by atoms with Crippen molar-refractivity contribution in [1.29, 1.82) is 0 Å². The molecule has 0 aliphatic carbocycles. The minimum absolute atomic E-state index is 0.0891. The van der Waals surface area contributed by atoms with E-state index in [-0.39, 0.29) is 22.5 Å². The van der Waals surface area contributed by atoms with Crippen LogP contribution in [0, 0.1) is 5.82 Å². The second-order valence-corrected chi connectivity index (χ2v) is 13.3. The van der Waals surface area contributed by atoms with Gasteiger partial charge in [-0.05, 0) is 50.9 Å². The molecule has 4 heteroatoms. The number of nitrogens with zero attached hydrogens (tertiary/aromatic N) is 1. The Balaban J connectivity index is 2.21. The number of halogens is 1. The molecule has 1 aliphatic heterocycles. The Morgan fingerprint density at radius 1 is 1.13 bits per heavy atom. The monoisotopic (exact) mass is 335 g/mol. The van der Waals surface area contributed by atoms with Crippen LogP contribution in [0.5, 0.6) is 0 Å². The fraction of sp³-hybridized carbons (Fsp3) is 0.632. The van der Waals surface area contributed by atoms with Gasteiger partial charge in [0.25, 0.3) is 0 Å². The SMILES string of the molecule is CC(C)(O[Si](C)(C)C(C)(C)C)[C@H]1CCC(c2ccccc2F)=N1. The zero-order valence-electron chi connectivity index (χ0n) is 15.5. The van der Waals surface area contributed by atoms with Crippen molar-refractivity contribution in [2.45, 2.75) is 77.2 Å². The van der Waals surface area contributed by atoms with E-state index in [2.05, 4.69) is 47.7 Å². The van der Waals surface area contributed by atoms with Gasteiger partial charge in [-0.25, -0.2) is 4.39 Å². The van der Waals surface area contributed by atoms with E-state index >= 15 is 0 Å². The van der Waals surface area contributed by atoms with E-state index in [1.165, 1.54) is 6.07 Å². The van der Waals surface area contributed by atoms with Crippen molar-refractivity contribution < 1.29 is 8.82 Å². The third-order valence-corrected chi connectivity index (χ3v) is 9.93. The molecule has 23 heavy (non-hydrogen) atoms. The molecule has 0 saturated carbocycles. The molecule has 0 saturated heterocycles. The van der Waals surface area contributed by atoms with Crippen molar-refractivity contribution in [2.75, 3.05) is 0 Å². The summed E-state index contributed by atoms with van der Waals surface area (Å²) < 4.78 is 20.6. The van der Waals surface area contributed by atoms with Gasteiger partial charge >= 0.3 is 0 Å². The van der Waals surface area contributed by atoms with Gasteiger partial charge in [0, 0.05) is 11.3 Å². The van der Waals surface area contributed by atoms with Crippen molar-refractivity contribution in [2.24, 2.45) is 4.99 Å². The summed E-state index contributed by atoms with van der Waals surface area (Å²) in [5.41, 5.74) is 1.19. The van der Waals surface area contributed by atoms with Crippen molar-refractivity contribution in [3.63, 3.8) is 0 Å². The molecular formula is C19H30FNOSi. The molecule has 0 amide bonds. The van der Waals surface area contributed by atoms with Crippen LogP contribution in [0.25, 0.3) is 0 Å². The first-order chi connectivity index (χ1) is 10.4. The number of rotatable bonds is 4. The first kappa shape index (κ1) is 18.3. The largest absolute Gasteiger partial charge is 0.410 e. The summed E-state index contributed by atoms with van der Waals surface area (Å²) in [4.78, 5) is 4.83. The summed E-state index contributed by atoms with van der Waals surface area (Å²) in [6.07, 6.45) is 1.74. The second kappa shape index (κ2) is 6.13. The third kappa shape index (κ3) is 3.91. The Bertz CT molecular complexity index is 602. The molecule has 0 aromatic heterocycles. The van der Waals surface area contributed by atoms with Gasteiger partial charge in [-0.1, -0.05) is 39.0 Å². The van der Waals surface area contributed by atoms with Gasteiger partial charge in [-0.2, -0.15) is 0 Å². The van der Waals surface area contributed by atoms with Crippen LogP contribution < -0.4 is 0 Å². The number of benzene rings is 1. The lowest BCUT2D eigenvalue weighted by molar-refractivity contribution is 0.0651. The fourth-order valence-corrected chi connectivity index (χ4v) is 4.63. The minimum atomic E-state index is -1.86. The van der Waals surface area contributed by atoms with Crippen LogP contribution in [0.3, 0.4) is 0 Å². The van der Waals surface area contributed by atoms with E-state index in [0.717, 1.165) is 18.6 Å². The molecule has 1 aliphatic rings. The molecule has 0 fully saturated rings. The van der Waals surface area contributed by atoms with E-state index in [1.807, 2.05) is 12.1 Å². The zero-order chi connectivity index (χ0) is 17.5. The highest BCUT2D eigenvalue weighted by atomic mass is 28.4. The van der Waals surface area contributed by atoms with Crippen LogP contribution in [0.1, 0.15) is 53.0 Å². The van der Waals surface area contributed by atoms with Crippen molar-refractivity contribution >= 4 is 14.0 Å². The average Bonchev–Trinajstić information content (AvgIpc) is 2.87. The Morgan fingerprint density at radius 2 is 1.74 bits per heavy atom. The normalized spacial score (nSPS) is 19.8. The van der Waals surface area contributed by atoms with Crippen LogP contribution in [-0.4, -0.2) is 25.7 Å². The molecule has 0 bridgehead atoms. The average molecular weight is 336 g/mol. The lowest BCUT2D eigenvalue weighted by atomic mass is 9.97. The molecule has 0 spiro atoms. The lowest BCUT2D eigenvalue weighted by Gasteiger charge is -2.44. The van der Waals surface area contributed by atoms with Crippen LogP contribution in [0.15, 0.2) is 29.3 Å². The lowest BCUT2D eigenvalue weighted by Crippen LogP contribution is -2.51. The quantitative estimate of drug-likeness (QED) is 0.658. The number of aliphatic imine (C=N–C) groups is 1. The maximum Gasteiger partial charge on any atom is 0.192 e. The number of hydrogen-bond donors (Lipinski definition) is 0. The van der Waals surface area contributed by atoms with Crippen LogP contribution in [0.2, 0.25) is 18.1 Å². The van der Waals surface area contributed by atoms with E-state index in [0.29, 0.717) is 5.56 Å². The Kier molecular flexibility index (Phi) is 4.89. The molecule has 0 N–H and O–H groups in total. The number of hydrogen-bond acceptors (Lipinski definition) is 2. The summed E-state index contributed by atoms with van der Waals surface area (Å²) in [7, 11) is -1.86. The van der Waals surface area contributed by atoms with Gasteiger partial charge in [0.15, 0.2) is 8.32 Å². The maximum atomic E-state index is 14.0. The molecule has 1 aromatic carbocycles. The van der Waals surface area contributed by atoms with Crippen molar-refractivity contribution in [3.8, 4) is 0 Å². The summed E-state index contributed by atoms with van der Waals surface area (Å²) in [6.45, 7) is 15.5. The smallest absolute Gasteiger partial charge is 0.192 e. The topological polar surface area (TPSA) is 21.6 Å². The molecule has 2 nitrogen and oxygen atoms in total. The molecule has 128 valence electrons. The minimum Gasteiger partial charge on any atom is -0.410 e.